The third kappa shape index (κ3) is 3.96. The molecule has 1 unspecified atom stereocenters. The first kappa shape index (κ1) is 17.5. The van der Waals surface area contributed by atoms with Crippen molar-refractivity contribution < 1.29 is 4.79 Å². The molecule has 0 bridgehead atoms. The summed E-state index contributed by atoms with van der Waals surface area (Å²) >= 11 is 1.75. The average Bonchev–Trinajstić information content (AvgIpc) is 2.91. The highest BCUT2D eigenvalue weighted by Gasteiger charge is 2.35. The average molecular weight is 317 g/mol. The van der Waals surface area contributed by atoms with Crippen molar-refractivity contribution >= 4 is 29.7 Å². The molecule has 5 heteroatoms. The fourth-order valence-corrected chi connectivity index (χ4v) is 3.37. The summed E-state index contributed by atoms with van der Waals surface area (Å²) in [5, 5.41) is 8.56. The lowest BCUT2D eigenvalue weighted by molar-refractivity contribution is -0.131. The van der Waals surface area contributed by atoms with Crippen LogP contribution in [-0.4, -0.2) is 25.5 Å². The lowest BCUT2D eigenvalue weighted by Crippen LogP contribution is -2.50. The Kier molecular flexibility index (Phi) is 6.05. The topological polar surface area (TPSA) is 41.1 Å². The Morgan fingerprint density at radius 3 is 2.85 bits per heavy atom. The number of carbonyl (C=O) groups is 1. The van der Waals surface area contributed by atoms with Gasteiger partial charge in [-0.3, -0.25) is 4.79 Å². The molecule has 20 heavy (non-hydrogen) atoms. The summed E-state index contributed by atoms with van der Waals surface area (Å²) in [6.07, 6.45) is 2.06. The van der Waals surface area contributed by atoms with Gasteiger partial charge in [-0.15, -0.1) is 23.7 Å². The summed E-state index contributed by atoms with van der Waals surface area (Å²) in [6, 6.07) is 4.21. The molecular formula is C15H25ClN2OS. The zero-order valence-corrected chi connectivity index (χ0v) is 14.1. The van der Waals surface area contributed by atoms with Gasteiger partial charge in [0.15, 0.2) is 0 Å². The highest BCUT2D eigenvalue weighted by molar-refractivity contribution is 7.10. The molecule has 1 aromatic heterocycles. The summed E-state index contributed by atoms with van der Waals surface area (Å²) in [5.74, 6) is 0.185. The van der Waals surface area contributed by atoms with Crippen LogP contribution in [0.2, 0.25) is 0 Å². The first-order valence-corrected chi connectivity index (χ1v) is 7.85. The summed E-state index contributed by atoms with van der Waals surface area (Å²) in [5.41, 5.74) is -0.244. The predicted molar refractivity (Wildman–Crippen MR) is 87.8 cm³/mol. The molecule has 2 heterocycles. The van der Waals surface area contributed by atoms with E-state index in [1.54, 1.807) is 11.3 Å². The van der Waals surface area contributed by atoms with Gasteiger partial charge in [0.25, 0.3) is 0 Å². The molecule has 0 spiro atoms. The van der Waals surface area contributed by atoms with Crippen LogP contribution in [0.15, 0.2) is 17.5 Å². The number of amides is 1. The van der Waals surface area contributed by atoms with Crippen molar-refractivity contribution in [3.05, 3.63) is 22.4 Å². The van der Waals surface area contributed by atoms with Crippen molar-refractivity contribution in [2.75, 3.05) is 19.6 Å². The van der Waals surface area contributed by atoms with Gasteiger partial charge in [-0.1, -0.05) is 19.9 Å². The lowest BCUT2D eigenvalue weighted by Gasteiger charge is -2.34. The quantitative estimate of drug-likeness (QED) is 0.896. The van der Waals surface area contributed by atoms with Crippen molar-refractivity contribution in [3.63, 3.8) is 0 Å². The molecule has 3 nitrogen and oxygen atoms in total. The number of nitrogens with one attached hydrogen (secondary N) is 2. The largest absolute Gasteiger partial charge is 0.355 e. The third-order valence-electron chi connectivity index (χ3n) is 4.02. The van der Waals surface area contributed by atoms with Crippen LogP contribution < -0.4 is 10.6 Å². The molecule has 1 atom stereocenters. The molecule has 0 radical (unpaired) electrons. The van der Waals surface area contributed by atoms with E-state index in [1.807, 2.05) is 0 Å². The third-order valence-corrected chi connectivity index (χ3v) is 5.26. The van der Waals surface area contributed by atoms with Gasteiger partial charge in [0.1, 0.15) is 0 Å². The number of halogens is 1. The van der Waals surface area contributed by atoms with Crippen molar-refractivity contribution in [2.45, 2.75) is 39.0 Å². The SMILES string of the molecule is CC1(C(=O)NCC(C)(C)c2cccs2)CCCNC1.Cl. The first-order valence-electron chi connectivity index (χ1n) is 6.97. The number of carbonyl (C=O) groups excluding carboxylic acids is 1. The van der Waals surface area contributed by atoms with Crippen LogP contribution in [0, 0.1) is 5.41 Å². The van der Waals surface area contributed by atoms with Gasteiger partial charge in [0.05, 0.1) is 5.41 Å². The molecule has 1 aliphatic heterocycles. The van der Waals surface area contributed by atoms with E-state index in [9.17, 15) is 4.79 Å². The summed E-state index contributed by atoms with van der Waals surface area (Å²) in [4.78, 5) is 13.7. The molecule has 1 saturated heterocycles. The van der Waals surface area contributed by atoms with Gasteiger partial charge in [0, 0.05) is 23.4 Å². The first-order chi connectivity index (χ1) is 8.94. The Morgan fingerprint density at radius 1 is 1.55 bits per heavy atom. The van der Waals surface area contributed by atoms with Gasteiger partial charge in [-0.2, -0.15) is 0 Å². The molecular weight excluding hydrogens is 292 g/mol. The van der Waals surface area contributed by atoms with E-state index in [0.717, 1.165) is 25.9 Å². The zero-order valence-electron chi connectivity index (χ0n) is 12.5. The molecule has 2 N–H and O–H groups in total. The van der Waals surface area contributed by atoms with E-state index in [2.05, 4.69) is 48.9 Å². The maximum absolute atomic E-state index is 12.4. The second-order valence-electron chi connectivity index (χ2n) is 6.38. The summed E-state index contributed by atoms with van der Waals surface area (Å²) in [7, 11) is 0. The van der Waals surface area contributed by atoms with Gasteiger partial charge < -0.3 is 10.6 Å². The molecule has 1 aliphatic rings. The summed E-state index contributed by atoms with van der Waals surface area (Å²) < 4.78 is 0. The fraction of sp³-hybridized carbons (Fsp3) is 0.667. The normalized spacial score (nSPS) is 22.9. The van der Waals surface area contributed by atoms with Crippen molar-refractivity contribution in [1.29, 1.82) is 0 Å². The van der Waals surface area contributed by atoms with E-state index in [1.165, 1.54) is 4.88 Å². The van der Waals surface area contributed by atoms with Crippen LogP contribution in [0.25, 0.3) is 0 Å². The standard InChI is InChI=1S/C15H24N2OS.ClH/c1-14(2,12-6-4-9-19-12)10-17-13(18)15(3)7-5-8-16-11-15;/h4,6,9,16H,5,7-8,10-11H2,1-3H3,(H,17,18);1H. The number of thiophene rings is 1. The molecule has 0 saturated carbocycles. The van der Waals surface area contributed by atoms with Gasteiger partial charge >= 0.3 is 0 Å². The van der Waals surface area contributed by atoms with Crippen LogP contribution >= 0.6 is 23.7 Å². The van der Waals surface area contributed by atoms with E-state index in [0.29, 0.717) is 6.54 Å². The maximum Gasteiger partial charge on any atom is 0.227 e. The van der Waals surface area contributed by atoms with Crippen molar-refractivity contribution in [2.24, 2.45) is 5.41 Å². The second-order valence-corrected chi connectivity index (χ2v) is 7.33. The minimum absolute atomic E-state index is 0. The Morgan fingerprint density at radius 2 is 2.30 bits per heavy atom. The van der Waals surface area contributed by atoms with E-state index < -0.39 is 0 Å². The molecule has 1 amide bonds. The number of hydrogen-bond donors (Lipinski definition) is 2. The van der Waals surface area contributed by atoms with Gasteiger partial charge in [-0.25, -0.2) is 0 Å². The molecule has 0 aromatic carbocycles. The monoisotopic (exact) mass is 316 g/mol. The minimum Gasteiger partial charge on any atom is -0.355 e. The van der Waals surface area contributed by atoms with E-state index in [4.69, 9.17) is 0 Å². The molecule has 1 aromatic rings. The Labute approximate surface area is 131 Å². The zero-order chi connectivity index (χ0) is 13.9. The van der Waals surface area contributed by atoms with E-state index in [-0.39, 0.29) is 29.1 Å². The highest BCUT2D eigenvalue weighted by atomic mass is 35.5. The van der Waals surface area contributed by atoms with Crippen LogP contribution in [0.5, 0.6) is 0 Å². The molecule has 114 valence electrons. The predicted octanol–water partition coefficient (Wildman–Crippen LogP) is 2.95. The number of hydrogen-bond acceptors (Lipinski definition) is 3. The maximum atomic E-state index is 12.4. The van der Waals surface area contributed by atoms with Crippen LogP contribution in [0.3, 0.4) is 0 Å². The molecule has 2 rings (SSSR count). The smallest absolute Gasteiger partial charge is 0.227 e. The Hall–Kier alpha value is -0.580. The van der Waals surface area contributed by atoms with Crippen LogP contribution in [0.4, 0.5) is 0 Å². The van der Waals surface area contributed by atoms with Crippen LogP contribution in [-0.2, 0) is 10.2 Å². The van der Waals surface area contributed by atoms with Crippen molar-refractivity contribution in [3.8, 4) is 0 Å². The summed E-state index contributed by atoms with van der Waals surface area (Å²) in [6.45, 7) is 8.94. The Balaban J connectivity index is 0.00000200. The van der Waals surface area contributed by atoms with Crippen molar-refractivity contribution in [1.82, 2.24) is 10.6 Å². The van der Waals surface area contributed by atoms with Gasteiger partial charge in [-0.05, 0) is 37.8 Å². The number of rotatable bonds is 4. The molecule has 1 fully saturated rings. The lowest BCUT2D eigenvalue weighted by atomic mass is 9.81. The minimum atomic E-state index is -0.246. The number of piperidine rings is 1. The Bertz CT molecular complexity index is 425. The van der Waals surface area contributed by atoms with Crippen LogP contribution in [0.1, 0.15) is 38.5 Å². The van der Waals surface area contributed by atoms with Gasteiger partial charge in [0.2, 0.25) is 5.91 Å². The fourth-order valence-electron chi connectivity index (χ4n) is 2.52. The van der Waals surface area contributed by atoms with E-state index >= 15 is 0 Å². The molecule has 0 aliphatic carbocycles. The highest BCUT2D eigenvalue weighted by Crippen LogP contribution is 2.29. The second kappa shape index (κ2) is 6.92.